The van der Waals surface area contributed by atoms with Gasteiger partial charge in [0.2, 0.25) is 0 Å². The van der Waals surface area contributed by atoms with Crippen LogP contribution in [0.5, 0.6) is 5.75 Å². The van der Waals surface area contributed by atoms with Crippen molar-refractivity contribution in [3.63, 3.8) is 0 Å². The van der Waals surface area contributed by atoms with E-state index in [9.17, 15) is 0 Å². The fraction of sp³-hybridized carbons (Fsp3) is 0.261. The van der Waals surface area contributed by atoms with Crippen molar-refractivity contribution in [1.82, 2.24) is 10.3 Å². The molecule has 2 heterocycles. The fourth-order valence-electron chi connectivity index (χ4n) is 3.26. The van der Waals surface area contributed by atoms with E-state index in [2.05, 4.69) is 10.3 Å². The molecule has 4 rings (SSSR count). The smallest absolute Gasteiger partial charge is 0.177 e. The van der Waals surface area contributed by atoms with Gasteiger partial charge in [-0.05, 0) is 53.6 Å². The lowest BCUT2D eigenvalue weighted by molar-refractivity contribution is -0.162. The molecule has 0 bridgehead atoms. The highest BCUT2D eigenvalue weighted by Gasteiger charge is 2.20. The maximum Gasteiger partial charge on any atom is 0.177 e. The highest BCUT2D eigenvalue weighted by Crippen LogP contribution is 2.24. The van der Waals surface area contributed by atoms with E-state index in [0.29, 0.717) is 29.8 Å². The molecule has 1 fully saturated rings. The van der Waals surface area contributed by atoms with Crippen LogP contribution in [0.2, 0.25) is 10.0 Å². The molecular formula is C23H22Cl2N2O3. The van der Waals surface area contributed by atoms with Gasteiger partial charge < -0.3 is 19.5 Å². The third kappa shape index (κ3) is 5.12. The molecule has 1 aliphatic heterocycles. The first-order chi connectivity index (χ1) is 14.6. The first-order valence-corrected chi connectivity index (χ1v) is 10.4. The van der Waals surface area contributed by atoms with E-state index >= 15 is 0 Å². The van der Waals surface area contributed by atoms with E-state index in [0.717, 1.165) is 27.8 Å². The number of fused-ring (bicyclic) bond motifs is 1. The summed E-state index contributed by atoms with van der Waals surface area (Å²) < 4.78 is 17.0. The Bertz CT molecular complexity index is 1050. The summed E-state index contributed by atoms with van der Waals surface area (Å²) in [6, 6.07) is 13.5. The second-order valence-electron chi connectivity index (χ2n) is 7.00. The number of nitrogens with one attached hydrogen (secondary N) is 1. The number of pyridine rings is 1. The van der Waals surface area contributed by atoms with Crippen molar-refractivity contribution in [2.75, 3.05) is 20.3 Å². The molecule has 1 N–H and O–H groups in total. The van der Waals surface area contributed by atoms with E-state index in [4.69, 9.17) is 37.4 Å². The quantitative estimate of drug-likeness (QED) is 0.573. The maximum absolute atomic E-state index is 6.07. The zero-order valence-corrected chi connectivity index (χ0v) is 18.0. The van der Waals surface area contributed by atoms with Gasteiger partial charge in [-0.1, -0.05) is 35.3 Å². The molecular weight excluding hydrogens is 423 g/mol. The van der Waals surface area contributed by atoms with Gasteiger partial charge >= 0.3 is 0 Å². The Balaban J connectivity index is 1.33. The summed E-state index contributed by atoms with van der Waals surface area (Å²) in [4.78, 5) is 4.40. The van der Waals surface area contributed by atoms with Gasteiger partial charge in [0, 0.05) is 18.1 Å². The Morgan fingerprint density at radius 2 is 1.93 bits per heavy atom. The van der Waals surface area contributed by atoms with Crippen molar-refractivity contribution in [1.29, 1.82) is 0 Å². The van der Waals surface area contributed by atoms with E-state index in [1.165, 1.54) is 0 Å². The Kier molecular flexibility index (Phi) is 6.87. The average molecular weight is 445 g/mol. The lowest BCUT2D eigenvalue weighted by Gasteiger charge is -2.28. The molecule has 0 amide bonds. The SMILES string of the molecule is COc1ccc2nccc(/C=C/[C@H]3OC[C@H](NCc4ccc(Cl)c(Cl)c4)CO3)c2c1. The topological polar surface area (TPSA) is 52.6 Å². The second kappa shape index (κ2) is 9.77. The van der Waals surface area contributed by atoms with Crippen LogP contribution in [0.15, 0.2) is 54.7 Å². The summed E-state index contributed by atoms with van der Waals surface area (Å²) >= 11 is 12.0. The molecule has 1 aromatic heterocycles. The van der Waals surface area contributed by atoms with Crippen molar-refractivity contribution >= 4 is 40.2 Å². The number of rotatable bonds is 6. The van der Waals surface area contributed by atoms with Gasteiger partial charge in [0.25, 0.3) is 0 Å². The molecule has 0 atom stereocenters. The average Bonchev–Trinajstić information content (AvgIpc) is 2.78. The van der Waals surface area contributed by atoms with Crippen LogP contribution in [0.3, 0.4) is 0 Å². The van der Waals surface area contributed by atoms with Gasteiger partial charge in [0.05, 0.1) is 41.9 Å². The zero-order chi connectivity index (χ0) is 20.9. The molecule has 0 radical (unpaired) electrons. The monoisotopic (exact) mass is 444 g/mol. The predicted octanol–water partition coefficient (Wildman–Crippen LogP) is 5.09. The third-order valence-corrected chi connectivity index (χ3v) is 5.66. The molecule has 1 aliphatic rings. The van der Waals surface area contributed by atoms with Crippen LogP contribution in [0, 0.1) is 0 Å². The summed E-state index contributed by atoms with van der Waals surface area (Å²) in [6.07, 6.45) is 5.32. The Morgan fingerprint density at radius 1 is 1.10 bits per heavy atom. The van der Waals surface area contributed by atoms with Crippen LogP contribution in [-0.2, 0) is 16.0 Å². The number of hydrogen-bond acceptors (Lipinski definition) is 5. The molecule has 0 spiro atoms. The van der Waals surface area contributed by atoms with E-state index in [1.807, 2.05) is 48.6 Å². The van der Waals surface area contributed by atoms with E-state index in [1.54, 1.807) is 19.4 Å². The second-order valence-corrected chi connectivity index (χ2v) is 7.82. The Labute approximate surface area is 185 Å². The van der Waals surface area contributed by atoms with Crippen molar-refractivity contribution < 1.29 is 14.2 Å². The molecule has 7 heteroatoms. The lowest BCUT2D eigenvalue weighted by atomic mass is 10.1. The highest BCUT2D eigenvalue weighted by molar-refractivity contribution is 6.42. The summed E-state index contributed by atoms with van der Waals surface area (Å²) in [6.45, 7) is 1.78. The van der Waals surface area contributed by atoms with E-state index < -0.39 is 0 Å². The minimum Gasteiger partial charge on any atom is -0.497 e. The lowest BCUT2D eigenvalue weighted by Crippen LogP contribution is -2.43. The van der Waals surface area contributed by atoms with Crippen LogP contribution in [-0.4, -0.2) is 37.6 Å². The minimum absolute atomic E-state index is 0.107. The Morgan fingerprint density at radius 3 is 2.70 bits per heavy atom. The summed E-state index contributed by atoms with van der Waals surface area (Å²) in [7, 11) is 1.66. The van der Waals surface area contributed by atoms with Crippen molar-refractivity contribution in [3.8, 4) is 5.75 Å². The molecule has 0 unspecified atom stereocenters. The van der Waals surface area contributed by atoms with Gasteiger partial charge in [-0.25, -0.2) is 0 Å². The minimum atomic E-state index is -0.387. The number of hydrogen-bond donors (Lipinski definition) is 1. The van der Waals surface area contributed by atoms with Gasteiger partial charge in [0.15, 0.2) is 6.29 Å². The molecule has 0 aliphatic carbocycles. The third-order valence-electron chi connectivity index (χ3n) is 4.92. The van der Waals surface area contributed by atoms with Crippen molar-refractivity contribution in [3.05, 3.63) is 75.9 Å². The molecule has 0 saturated carbocycles. The van der Waals surface area contributed by atoms with Crippen LogP contribution in [0.25, 0.3) is 17.0 Å². The fourth-order valence-corrected chi connectivity index (χ4v) is 3.58. The number of halogens is 2. The first kappa shape index (κ1) is 21.1. The number of nitrogens with zero attached hydrogens (tertiary/aromatic N) is 1. The molecule has 2 aromatic carbocycles. The van der Waals surface area contributed by atoms with Gasteiger partial charge in [-0.3, -0.25) is 4.98 Å². The maximum atomic E-state index is 6.07. The summed E-state index contributed by atoms with van der Waals surface area (Å²) in [5, 5.41) is 5.55. The summed E-state index contributed by atoms with van der Waals surface area (Å²) in [5.74, 6) is 0.797. The van der Waals surface area contributed by atoms with E-state index in [-0.39, 0.29) is 12.3 Å². The molecule has 3 aromatic rings. The highest BCUT2D eigenvalue weighted by atomic mass is 35.5. The number of methoxy groups -OCH3 is 1. The van der Waals surface area contributed by atoms with Crippen LogP contribution in [0.4, 0.5) is 0 Å². The van der Waals surface area contributed by atoms with Crippen LogP contribution < -0.4 is 10.1 Å². The molecule has 156 valence electrons. The van der Waals surface area contributed by atoms with Gasteiger partial charge in [-0.15, -0.1) is 0 Å². The standard InChI is InChI=1S/C23H22Cl2N2O3/c1-28-18-4-6-22-19(11-18)16(8-9-26-22)3-7-23-29-13-17(14-30-23)27-12-15-2-5-20(24)21(25)10-15/h2-11,17,23,27H,12-14H2,1H3/b7-3+/t17-,23-. The largest absolute Gasteiger partial charge is 0.497 e. The van der Waals surface area contributed by atoms with Crippen molar-refractivity contribution in [2.24, 2.45) is 0 Å². The first-order valence-electron chi connectivity index (χ1n) is 9.64. The zero-order valence-electron chi connectivity index (χ0n) is 16.5. The van der Waals surface area contributed by atoms with Crippen LogP contribution >= 0.6 is 23.2 Å². The molecule has 30 heavy (non-hydrogen) atoms. The normalized spacial score (nSPS) is 19.4. The summed E-state index contributed by atoms with van der Waals surface area (Å²) in [5.41, 5.74) is 3.01. The number of aromatic nitrogens is 1. The molecule has 1 saturated heterocycles. The van der Waals surface area contributed by atoms with Crippen LogP contribution in [0.1, 0.15) is 11.1 Å². The number of benzene rings is 2. The van der Waals surface area contributed by atoms with Crippen molar-refractivity contribution in [2.45, 2.75) is 18.9 Å². The van der Waals surface area contributed by atoms with Gasteiger partial charge in [0.1, 0.15) is 5.75 Å². The predicted molar refractivity (Wildman–Crippen MR) is 120 cm³/mol. The van der Waals surface area contributed by atoms with Gasteiger partial charge in [-0.2, -0.15) is 0 Å². The Hall–Kier alpha value is -2.15. The molecule has 5 nitrogen and oxygen atoms in total. The number of ether oxygens (including phenoxy) is 3.